The molecule has 1 amide bonds. The van der Waals surface area contributed by atoms with Gasteiger partial charge in [0.25, 0.3) is 5.91 Å². The van der Waals surface area contributed by atoms with Gasteiger partial charge in [-0.05, 0) is 61.0 Å². The number of hydrogen-bond donors (Lipinski definition) is 2. The van der Waals surface area contributed by atoms with Gasteiger partial charge < -0.3 is 23.9 Å². The van der Waals surface area contributed by atoms with Crippen LogP contribution in [0.3, 0.4) is 0 Å². The van der Waals surface area contributed by atoms with Gasteiger partial charge in [0.1, 0.15) is 17.2 Å². The first-order valence-corrected chi connectivity index (χ1v) is 13.0. The second kappa shape index (κ2) is 11.3. The average molecular weight is 548 g/mol. The van der Waals surface area contributed by atoms with Gasteiger partial charge in [-0.3, -0.25) is 4.79 Å². The van der Waals surface area contributed by atoms with Gasteiger partial charge >= 0.3 is 5.97 Å². The minimum atomic E-state index is -0.565. The van der Waals surface area contributed by atoms with Gasteiger partial charge in [0.2, 0.25) is 6.79 Å². The number of para-hydroxylation sites is 1. The molecule has 1 aromatic heterocycles. The van der Waals surface area contributed by atoms with Crippen molar-refractivity contribution >= 4 is 29.0 Å². The number of rotatable bonds is 8. The van der Waals surface area contributed by atoms with Gasteiger partial charge in [0.15, 0.2) is 11.5 Å². The number of H-pyrrole nitrogens is 1. The van der Waals surface area contributed by atoms with Crippen LogP contribution in [-0.4, -0.2) is 36.5 Å². The normalized spacial score (nSPS) is 12.0. The Bertz CT molecular complexity index is 1780. The highest BCUT2D eigenvalue weighted by Gasteiger charge is 2.20. The quantitative estimate of drug-likeness (QED) is 0.108. The molecular formula is C32H25N3O6. The van der Waals surface area contributed by atoms with Crippen LogP contribution >= 0.6 is 0 Å². The molecule has 204 valence electrons. The highest BCUT2D eigenvalue weighted by atomic mass is 16.7. The predicted octanol–water partition coefficient (Wildman–Crippen LogP) is 5.95. The summed E-state index contributed by atoms with van der Waals surface area (Å²) in [5, 5.41) is 5.02. The number of nitrogens with zero attached hydrogens (tertiary/aromatic N) is 1. The Hall–Kier alpha value is -5.57. The van der Waals surface area contributed by atoms with Gasteiger partial charge in [0, 0.05) is 22.0 Å². The number of hydrogen-bond acceptors (Lipinski definition) is 7. The highest BCUT2D eigenvalue weighted by Crippen LogP contribution is 2.35. The van der Waals surface area contributed by atoms with Crippen LogP contribution in [0.2, 0.25) is 0 Å². The number of aromatic nitrogens is 1. The molecule has 0 saturated carbocycles. The van der Waals surface area contributed by atoms with Crippen molar-refractivity contribution in [1.29, 1.82) is 0 Å². The third kappa shape index (κ3) is 5.33. The average Bonchev–Trinajstić information content (AvgIpc) is 3.63. The van der Waals surface area contributed by atoms with Gasteiger partial charge in [-0.2, -0.15) is 5.10 Å². The van der Waals surface area contributed by atoms with Gasteiger partial charge in [-0.15, -0.1) is 0 Å². The molecule has 0 radical (unpaired) electrons. The van der Waals surface area contributed by atoms with E-state index in [2.05, 4.69) is 15.5 Å². The molecule has 6 rings (SSSR count). The smallest absolute Gasteiger partial charge is 0.343 e. The molecule has 0 atom stereocenters. The number of aromatic amines is 1. The van der Waals surface area contributed by atoms with E-state index < -0.39 is 11.9 Å². The molecule has 9 heteroatoms. The van der Waals surface area contributed by atoms with Crippen molar-refractivity contribution in [2.75, 3.05) is 13.4 Å². The number of ether oxygens (including phenoxy) is 4. The Balaban J connectivity index is 1.23. The van der Waals surface area contributed by atoms with Crippen molar-refractivity contribution in [2.45, 2.75) is 6.92 Å². The van der Waals surface area contributed by atoms with Crippen LogP contribution in [0.5, 0.6) is 23.0 Å². The lowest BCUT2D eigenvalue weighted by Gasteiger charge is -2.08. The van der Waals surface area contributed by atoms with Crippen LogP contribution in [-0.2, 0) is 0 Å². The van der Waals surface area contributed by atoms with Crippen molar-refractivity contribution in [3.63, 3.8) is 0 Å². The first kappa shape index (κ1) is 25.7. The first-order chi connectivity index (χ1) is 20.1. The molecular weight excluding hydrogens is 522 g/mol. The molecule has 41 heavy (non-hydrogen) atoms. The number of benzene rings is 4. The summed E-state index contributed by atoms with van der Waals surface area (Å²) in [7, 11) is 0. The topological polar surface area (TPSA) is 111 Å². The minimum absolute atomic E-state index is 0.110. The van der Waals surface area contributed by atoms with Gasteiger partial charge in [-0.1, -0.05) is 42.5 Å². The van der Waals surface area contributed by atoms with Crippen LogP contribution in [0.15, 0.2) is 96.1 Å². The van der Waals surface area contributed by atoms with E-state index in [4.69, 9.17) is 18.9 Å². The molecule has 2 heterocycles. The SMILES string of the molecule is CCOc1ccc2[nH]c(C(=O)NN=Cc3ccccc3OC(=O)c3ccc4c(c3)OCO4)c(-c3ccccc3)c2c1. The zero-order chi connectivity index (χ0) is 28.2. The molecule has 4 aromatic carbocycles. The fourth-order valence-corrected chi connectivity index (χ4v) is 4.58. The standard InChI is InChI=1S/C32H25N3O6/c1-2-38-23-13-14-25-24(17-23)29(20-8-4-3-5-9-20)30(34-25)31(36)35-33-18-22-10-6-7-11-26(22)41-32(37)21-12-15-27-28(16-21)40-19-39-27/h3-18,34H,2,19H2,1H3,(H,35,36). The Labute approximate surface area is 235 Å². The minimum Gasteiger partial charge on any atom is -0.494 e. The van der Waals surface area contributed by atoms with Crippen LogP contribution in [0, 0.1) is 0 Å². The summed E-state index contributed by atoms with van der Waals surface area (Å²) in [4.78, 5) is 29.4. The molecule has 0 saturated heterocycles. The van der Waals surface area contributed by atoms with Crippen molar-refractivity contribution in [3.8, 4) is 34.1 Å². The second-order valence-electron chi connectivity index (χ2n) is 9.08. The van der Waals surface area contributed by atoms with E-state index >= 15 is 0 Å². The van der Waals surface area contributed by atoms with E-state index in [9.17, 15) is 9.59 Å². The van der Waals surface area contributed by atoms with E-state index in [0.717, 1.165) is 22.0 Å². The van der Waals surface area contributed by atoms with E-state index in [-0.39, 0.29) is 12.5 Å². The number of amides is 1. The highest BCUT2D eigenvalue weighted by molar-refractivity contribution is 6.10. The number of nitrogens with one attached hydrogen (secondary N) is 2. The largest absolute Gasteiger partial charge is 0.494 e. The fourth-order valence-electron chi connectivity index (χ4n) is 4.58. The number of esters is 1. The molecule has 5 aromatic rings. The van der Waals surface area contributed by atoms with Crippen molar-refractivity contribution in [3.05, 3.63) is 108 Å². The summed E-state index contributed by atoms with van der Waals surface area (Å²) in [5.74, 6) is 1.07. The number of carbonyl (C=O) groups is 2. The number of fused-ring (bicyclic) bond motifs is 2. The molecule has 0 unspecified atom stereocenters. The van der Waals surface area contributed by atoms with Crippen molar-refractivity contribution in [1.82, 2.24) is 10.4 Å². The summed E-state index contributed by atoms with van der Waals surface area (Å²) in [5.41, 5.74) is 6.19. The van der Waals surface area contributed by atoms with Crippen LogP contribution in [0.25, 0.3) is 22.0 Å². The zero-order valence-electron chi connectivity index (χ0n) is 22.0. The summed E-state index contributed by atoms with van der Waals surface area (Å²) < 4.78 is 22.0. The van der Waals surface area contributed by atoms with Crippen LogP contribution in [0.1, 0.15) is 33.3 Å². The Kier molecular flexibility index (Phi) is 7.06. The molecule has 0 bridgehead atoms. The van der Waals surface area contributed by atoms with Crippen molar-refractivity contribution in [2.24, 2.45) is 5.10 Å². The Morgan fingerprint density at radius 1 is 0.951 bits per heavy atom. The third-order valence-corrected chi connectivity index (χ3v) is 6.47. The summed E-state index contributed by atoms with van der Waals surface area (Å²) in [6, 6.07) is 27.1. The fraction of sp³-hybridized carbons (Fsp3) is 0.0938. The molecule has 1 aliphatic heterocycles. The molecule has 9 nitrogen and oxygen atoms in total. The molecule has 2 N–H and O–H groups in total. The van der Waals surface area contributed by atoms with E-state index in [1.54, 1.807) is 42.5 Å². The lowest BCUT2D eigenvalue weighted by atomic mass is 10.0. The lowest BCUT2D eigenvalue weighted by molar-refractivity contribution is 0.0733. The monoisotopic (exact) mass is 547 g/mol. The maximum absolute atomic E-state index is 13.4. The Morgan fingerprint density at radius 2 is 1.76 bits per heavy atom. The van der Waals surface area contributed by atoms with E-state index in [1.807, 2.05) is 55.5 Å². The first-order valence-electron chi connectivity index (χ1n) is 13.0. The molecule has 0 aliphatic carbocycles. The van der Waals surface area contributed by atoms with Gasteiger partial charge in [0.05, 0.1) is 18.4 Å². The summed E-state index contributed by atoms with van der Waals surface area (Å²) in [6.45, 7) is 2.57. The van der Waals surface area contributed by atoms with E-state index in [1.165, 1.54) is 6.21 Å². The summed E-state index contributed by atoms with van der Waals surface area (Å²) >= 11 is 0. The van der Waals surface area contributed by atoms with Crippen molar-refractivity contribution < 1.29 is 28.5 Å². The number of carbonyl (C=O) groups excluding carboxylic acids is 2. The third-order valence-electron chi connectivity index (χ3n) is 6.47. The molecule has 1 aliphatic rings. The van der Waals surface area contributed by atoms with Crippen LogP contribution < -0.4 is 24.4 Å². The maximum atomic E-state index is 13.4. The lowest BCUT2D eigenvalue weighted by Crippen LogP contribution is -2.19. The predicted molar refractivity (Wildman–Crippen MR) is 154 cm³/mol. The van der Waals surface area contributed by atoms with Gasteiger partial charge in [-0.25, -0.2) is 10.2 Å². The Morgan fingerprint density at radius 3 is 2.61 bits per heavy atom. The van der Waals surface area contributed by atoms with E-state index in [0.29, 0.717) is 40.7 Å². The molecule has 0 spiro atoms. The molecule has 0 fully saturated rings. The summed E-state index contributed by atoms with van der Waals surface area (Å²) in [6.07, 6.45) is 1.43. The zero-order valence-corrected chi connectivity index (χ0v) is 22.0. The van der Waals surface area contributed by atoms with Crippen LogP contribution in [0.4, 0.5) is 0 Å². The maximum Gasteiger partial charge on any atom is 0.343 e. The second-order valence-corrected chi connectivity index (χ2v) is 9.08. The number of hydrazone groups is 1.